The van der Waals surface area contributed by atoms with Gasteiger partial charge in [-0.3, -0.25) is 0 Å². The molecule has 0 aliphatic carbocycles. The van der Waals surface area contributed by atoms with Gasteiger partial charge in [0.1, 0.15) is 7.65 Å². The minimum absolute atomic E-state index is 0.227. The molecule has 4 nitrogen and oxygen atoms in total. The quantitative estimate of drug-likeness (QED) is 0.0806. The number of carbonyl (C=O) groups is 2. The first-order valence-electron chi connectivity index (χ1n) is 10.9. The second-order valence-corrected chi connectivity index (χ2v) is 13.4. The summed E-state index contributed by atoms with van der Waals surface area (Å²) in [6.07, 6.45) is 3.37. The van der Waals surface area contributed by atoms with Crippen LogP contribution in [-0.2, 0) is 31.9 Å². The summed E-state index contributed by atoms with van der Waals surface area (Å²) in [5, 5.41) is 0. The van der Waals surface area contributed by atoms with Crippen molar-refractivity contribution in [1.82, 2.24) is 0 Å². The third-order valence-electron chi connectivity index (χ3n) is 5.03. The molecular formula is C26H20O4S6. The van der Waals surface area contributed by atoms with E-state index in [-0.39, 0.29) is 13.2 Å². The smallest absolute Gasteiger partial charge is 0.331 e. The monoisotopic (exact) mass is 588 g/mol. The summed E-state index contributed by atoms with van der Waals surface area (Å²) < 4.78 is 12.1. The Morgan fingerprint density at radius 1 is 0.639 bits per heavy atom. The standard InChI is InChI=1S/C26H20O4S6/c27-23(29-13-11-17-1-5-19(6-2-17)21-15-25(31)35-33-21)9-10-24(28)30-14-12-18-3-7-20(8-4-18)22-16-26(32)36-34-22/h1-10,15-16H,11-14H2/b10-9-. The van der Waals surface area contributed by atoms with Gasteiger partial charge >= 0.3 is 11.9 Å². The van der Waals surface area contributed by atoms with Crippen LogP contribution in [0.3, 0.4) is 0 Å². The highest BCUT2D eigenvalue weighted by Crippen LogP contribution is 2.30. The Labute approximate surface area is 233 Å². The van der Waals surface area contributed by atoms with Crippen LogP contribution in [0.25, 0.3) is 20.9 Å². The molecule has 0 aliphatic rings. The number of rotatable bonds is 10. The predicted octanol–water partition coefficient (Wildman–Crippen LogP) is 8.15. The predicted molar refractivity (Wildman–Crippen MR) is 155 cm³/mol. The van der Waals surface area contributed by atoms with E-state index in [1.165, 1.54) is 0 Å². The molecule has 0 spiro atoms. The van der Waals surface area contributed by atoms with E-state index in [4.69, 9.17) is 33.9 Å². The van der Waals surface area contributed by atoms with Gasteiger partial charge in [-0.1, -0.05) is 114 Å². The molecule has 36 heavy (non-hydrogen) atoms. The Hall–Kier alpha value is -2.34. The fourth-order valence-corrected chi connectivity index (χ4v) is 7.99. The van der Waals surface area contributed by atoms with E-state index in [1.807, 2.05) is 60.7 Å². The first-order chi connectivity index (χ1) is 17.5. The molecule has 0 radical (unpaired) electrons. The third-order valence-corrected chi connectivity index (χ3v) is 10.8. The van der Waals surface area contributed by atoms with Gasteiger partial charge in [0.25, 0.3) is 0 Å². The van der Waals surface area contributed by atoms with Gasteiger partial charge in [-0.15, -0.1) is 0 Å². The first-order valence-corrected chi connectivity index (χ1v) is 16.0. The zero-order valence-corrected chi connectivity index (χ0v) is 23.7. The van der Waals surface area contributed by atoms with E-state index in [9.17, 15) is 9.59 Å². The second-order valence-electron chi connectivity index (χ2n) is 7.55. The summed E-state index contributed by atoms with van der Waals surface area (Å²) in [4.78, 5) is 26.1. The highest BCUT2D eigenvalue weighted by atomic mass is 32.9. The molecule has 0 aliphatic heterocycles. The minimum atomic E-state index is -0.575. The van der Waals surface area contributed by atoms with Gasteiger partial charge in [0.2, 0.25) is 0 Å². The van der Waals surface area contributed by atoms with Crippen molar-refractivity contribution >= 4 is 77.7 Å². The average Bonchev–Trinajstić information content (AvgIpc) is 3.52. The lowest BCUT2D eigenvalue weighted by Crippen LogP contribution is -2.08. The molecule has 2 aromatic heterocycles. The van der Waals surface area contributed by atoms with E-state index in [0.717, 1.165) is 51.8 Å². The molecule has 2 aromatic carbocycles. The van der Waals surface area contributed by atoms with E-state index >= 15 is 0 Å². The molecule has 4 aromatic rings. The molecule has 0 saturated heterocycles. The van der Waals surface area contributed by atoms with Crippen molar-refractivity contribution in [2.75, 3.05) is 13.2 Å². The molecule has 0 unspecified atom stereocenters. The molecule has 0 N–H and O–H groups in total. The highest BCUT2D eigenvalue weighted by molar-refractivity contribution is 7.80. The van der Waals surface area contributed by atoms with Crippen molar-refractivity contribution in [2.24, 2.45) is 0 Å². The van der Waals surface area contributed by atoms with E-state index in [0.29, 0.717) is 12.8 Å². The molecule has 10 heteroatoms. The number of carbonyl (C=O) groups excluding carboxylic acids is 2. The van der Waals surface area contributed by atoms with Crippen molar-refractivity contribution in [3.8, 4) is 20.9 Å². The average molecular weight is 589 g/mol. The summed E-state index contributed by atoms with van der Waals surface area (Å²) in [6, 6.07) is 20.2. The van der Waals surface area contributed by atoms with Crippen molar-refractivity contribution in [2.45, 2.75) is 12.8 Å². The van der Waals surface area contributed by atoms with E-state index < -0.39 is 11.9 Å². The Bertz CT molecular complexity index is 1340. The molecule has 2 heterocycles. The molecular weight excluding hydrogens is 569 g/mol. The third kappa shape index (κ3) is 8.09. The van der Waals surface area contributed by atoms with Crippen molar-refractivity contribution in [3.05, 3.63) is 91.6 Å². The first kappa shape index (κ1) is 26.7. The fraction of sp³-hybridized carbons (Fsp3) is 0.154. The number of hydrogen-bond donors (Lipinski definition) is 0. The second kappa shape index (κ2) is 13.3. The summed E-state index contributed by atoms with van der Waals surface area (Å²) in [5.74, 6) is -1.15. The van der Waals surface area contributed by atoms with Gasteiger partial charge in [-0.05, 0) is 34.4 Å². The van der Waals surface area contributed by atoms with Crippen LogP contribution >= 0.6 is 65.8 Å². The summed E-state index contributed by atoms with van der Waals surface area (Å²) in [6.45, 7) is 0.454. The SMILES string of the molecule is O=C(/C=C\C(=O)OCCc1ccc(-c2cc(=S)ss2)cc1)OCCc1ccc(-c2cc(=S)ss2)cc1. The van der Waals surface area contributed by atoms with Gasteiger partial charge < -0.3 is 9.47 Å². The van der Waals surface area contributed by atoms with Gasteiger partial charge in [0, 0.05) is 34.7 Å². The lowest BCUT2D eigenvalue weighted by atomic mass is 10.1. The van der Waals surface area contributed by atoms with Crippen LogP contribution in [0.4, 0.5) is 0 Å². The van der Waals surface area contributed by atoms with Crippen LogP contribution in [-0.4, -0.2) is 25.2 Å². The van der Waals surface area contributed by atoms with Crippen molar-refractivity contribution < 1.29 is 19.1 Å². The lowest BCUT2D eigenvalue weighted by molar-refractivity contribution is -0.140. The maximum Gasteiger partial charge on any atom is 0.331 e. The molecule has 184 valence electrons. The highest BCUT2D eigenvalue weighted by Gasteiger charge is 2.05. The molecule has 0 atom stereocenters. The molecule has 0 bridgehead atoms. The molecule has 0 saturated carbocycles. The minimum Gasteiger partial charge on any atom is -0.462 e. The molecule has 0 fully saturated rings. The summed E-state index contributed by atoms with van der Waals surface area (Å²) >= 11 is 10.4. The number of benzene rings is 2. The van der Waals surface area contributed by atoms with Crippen LogP contribution in [0.2, 0.25) is 0 Å². The van der Waals surface area contributed by atoms with Crippen LogP contribution in [0.5, 0.6) is 0 Å². The largest absolute Gasteiger partial charge is 0.462 e. The summed E-state index contributed by atoms with van der Waals surface area (Å²) in [7, 11) is 6.50. The van der Waals surface area contributed by atoms with Crippen LogP contribution in [0, 0.1) is 7.65 Å². The maximum atomic E-state index is 11.9. The maximum absolute atomic E-state index is 11.9. The Balaban J connectivity index is 1.13. The Morgan fingerprint density at radius 3 is 1.36 bits per heavy atom. The lowest BCUT2D eigenvalue weighted by Gasteiger charge is -2.05. The van der Waals surface area contributed by atoms with Crippen LogP contribution in [0.1, 0.15) is 11.1 Å². The van der Waals surface area contributed by atoms with Gasteiger partial charge in [-0.2, -0.15) is 0 Å². The number of hydrogen-bond acceptors (Lipinski definition) is 10. The van der Waals surface area contributed by atoms with Crippen LogP contribution in [0.15, 0.2) is 72.8 Å². The zero-order valence-electron chi connectivity index (χ0n) is 18.8. The molecule has 4 rings (SSSR count). The topological polar surface area (TPSA) is 52.6 Å². The van der Waals surface area contributed by atoms with Crippen molar-refractivity contribution in [3.63, 3.8) is 0 Å². The van der Waals surface area contributed by atoms with E-state index in [2.05, 4.69) is 0 Å². The fourth-order valence-electron chi connectivity index (χ4n) is 3.19. The van der Waals surface area contributed by atoms with Gasteiger partial charge in [-0.25, -0.2) is 9.59 Å². The summed E-state index contributed by atoms with van der Waals surface area (Å²) in [5.41, 5.74) is 4.36. The van der Waals surface area contributed by atoms with Crippen LogP contribution < -0.4 is 0 Å². The van der Waals surface area contributed by atoms with Gasteiger partial charge in [0.05, 0.1) is 13.2 Å². The van der Waals surface area contributed by atoms with E-state index in [1.54, 1.807) is 41.4 Å². The molecule has 0 amide bonds. The van der Waals surface area contributed by atoms with Crippen molar-refractivity contribution in [1.29, 1.82) is 0 Å². The van der Waals surface area contributed by atoms with Gasteiger partial charge in [0.15, 0.2) is 0 Å². The number of ether oxygens (including phenoxy) is 2. The zero-order chi connectivity index (χ0) is 25.3. The Morgan fingerprint density at radius 2 is 1.03 bits per heavy atom. The normalized spacial score (nSPS) is 11.0. The number of esters is 2. The Kier molecular flexibility index (Phi) is 9.85.